The van der Waals surface area contributed by atoms with E-state index in [-0.39, 0.29) is 5.91 Å². The number of amides is 1. The van der Waals surface area contributed by atoms with Crippen LogP contribution in [0.1, 0.15) is 24.5 Å². The molecule has 3 rings (SSSR count). The lowest BCUT2D eigenvalue weighted by Gasteiger charge is -2.30. The quantitative estimate of drug-likeness (QED) is 0.640. The lowest BCUT2D eigenvalue weighted by Crippen LogP contribution is -2.49. The summed E-state index contributed by atoms with van der Waals surface area (Å²) in [5.41, 5.74) is 2.51. The molecule has 1 N–H and O–H groups in total. The highest BCUT2D eigenvalue weighted by Crippen LogP contribution is 2.23. The molecule has 3 aromatic carbocycles. The molecular formula is C23H26N2O3S. The van der Waals surface area contributed by atoms with Gasteiger partial charge in [-0.3, -0.25) is 9.10 Å². The molecule has 1 unspecified atom stereocenters. The Balaban J connectivity index is 1.85. The van der Waals surface area contributed by atoms with Crippen LogP contribution >= 0.6 is 0 Å². The van der Waals surface area contributed by atoms with Gasteiger partial charge in [0.15, 0.2) is 0 Å². The van der Waals surface area contributed by atoms with Crippen LogP contribution in [0.15, 0.2) is 66.7 Å². The van der Waals surface area contributed by atoms with Crippen molar-refractivity contribution in [2.24, 2.45) is 0 Å². The van der Waals surface area contributed by atoms with Crippen molar-refractivity contribution in [2.75, 3.05) is 10.6 Å². The molecule has 6 heteroatoms. The number of fused-ring (bicyclic) bond motifs is 1. The van der Waals surface area contributed by atoms with Gasteiger partial charge < -0.3 is 5.32 Å². The number of hydrogen-bond acceptors (Lipinski definition) is 3. The average molecular weight is 411 g/mol. The first-order valence-electron chi connectivity index (χ1n) is 9.61. The number of carbonyl (C=O) groups is 1. The number of hydrogen-bond donors (Lipinski definition) is 1. The molecule has 3 aromatic rings. The van der Waals surface area contributed by atoms with Crippen molar-refractivity contribution in [2.45, 2.75) is 32.9 Å². The van der Waals surface area contributed by atoms with Crippen molar-refractivity contribution >= 4 is 32.4 Å². The lowest BCUT2D eigenvalue weighted by atomic mass is 10.0. The third kappa shape index (κ3) is 4.77. The van der Waals surface area contributed by atoms with E-state index in [9.17, 15) is 13.2 Å². The van der Waals surface area contributed by atoms with Crippen molar-refractivity contribution in [1.29, 1.82) is 0 Å². The second-order valence-corrected chi connectivity index (χ2v) is 9.03. The number of sulfonamides is 1. The van der Waals surface area contributed by atoms with Crippen LogP contribution in [0.2, 0.25) is 0 Å². The largest absolute Gasteiger partial charge is 0.350 e. The van der Waals surface area contributed by atoms with Gasteiger partial charge in [0.1, 0.15) is 6.04 Å². The van der Waals surface area contributed by atoms with Gasteiger partial charge in [-0.15, -0.1) is 0 Å². The van der Waals surface area contributed by atoms with Crippen LogP contribution in [0.5, 0.6) is 0 Å². The predicted octanol–water partition coefficient (Wildman–Crippen LogP) is 4.01. The molecule has 0 aliphatic carbocycles. The zero-order chi connectivity index (χ0) is 21.0. The molecule has 1 atom stereocenters. The van der Waals surface area contributed by atoms with E-state index in [1.54, 1.807) is 12.1 Å². The molecule has 1 amide bonds. The molecule has 0 bridgehead atoms. The highest BCUT2D eigenvalue weighted by molar-refractivity contribution is 7.92. The molecule has 0 radical (unpaired) electrons. The number of aryl methyl sites for hydroxylation is 1. The third-order valence-corrected chi connectivity index (χ3v) is 6.13. The van der Waals surface area contributed by atoms with E-state index >= 15 is 0 Å². The van der Waals surface area contributed by atoms with Crippen molar-refractivity contribution in [3.8, 4) is 0 Å². The molecule has 152 valence electrons. The van der Waals surface area contributed by atoms with Crippen LogP contribution in [-0.4, -0.2) is 26.6 Å². The van der Waals surface area contributed by atoms with Crippen molar-refractivity contribution in [3.05, 3.63) is 77.9 Å². The van der Waals surface area contributed by atoms with Gasteiger partial charge in [0.25, 0.3) is 0 Å². The van der Waals surface area contributed by atoms with Crippen LogP contribution in [-0.2, 0) is 21.4 Å². The normalized spacial score (nSPS) is 12.5. The minimum absolute atomic E-state index is 0.313. The second-order valence-electron chi connectivity index (χ2n) is 7.17. The molecule has 5 nitrogen and oxygen atoms in total. The fraction of sp³-hybridized carbons (Fsp3) is 0.261. The number of rotatable bonds is 7. The summed E-state index contributed by atoms with van der Waals surface area (Å²) in [6.45, 7) is 4.08. The Morgan fingerprint density at radius 2 is 1.66 bits per heavy atom. The molecule has 0 aromatic heterocycles. The van der Waals surface area contributed by atoms with E-state index in [1.807, 2.05) is 68.4 Å². The van der Waals surface area contributed by atoms with Gasteiger partial charge in [-0.25, -0.2) is 8.42 Å². The summed E-state index contributed by atoms with van der Waals surface area (Å²) in [6.07, 6.45) is 1.50. The monoisotopic (exact) mass is 410 g/mol. The lowest BCUT2D eigenvalue weighted by molar-refractivity contribution is -0.122. The maximum absolute atomic E-state index is 13.0. The van der Waals surface area contributed by atoms with Crippen LogP contribution < -0.4 is 9.62 Å². The van der Waals surface area contributed by atoms with Crippen LogP contribution in [0.3, 0.4) is 0 Å². The minimum Gasteiger partial charge on any atom is -0.350 e. The minimum atomic E-state index is -3.63. The highest BCUT2D eigenvalue weighted by Gasteiger charge is 2.31. The van der Waals surface area contributed by atoms with Crippen LogP contribution in [0, 0.1) is 6.92 Å². The van der Waals surface area contributed by atoms with Gasteiger partial charge in [0, 0.05) is 6.54 Å². The van der Waals surface area contributed by atoms with Gasteiger partial charge in [-0.05, 0) is 41.8 Å². The topological polar surface area (TPSA) is 66.5 Å². The summed E-state index contributed by atoms with van der Waals surface area (Å²) < 4.78 is 26.2. The summed E-state index contributed by atoms with van der Waals surface area (Å²) in [4.78, 5) is 13.0. The maximum atomic E-state index is 13.0. The van der Waals surface area contributed by atoms with Crippen LogP contribution in [0.4, 0.5) is 5.69 Å². The van der Waals surface area contributed by atoms with Crippen LogP contribution in [0.25, 0.3) is 10.8 Å². The Morgan fingerprint density at radius 1 is 1.00 bits per heavy atom. The zero-order valence-corrected chi connectivity index (χ0v) is 17.7. The Morgan fingerprint density at radius 3 is 2.31 bits per heavy atom. The predicted molar refractivity (Wildman–Crippen MR) is 118 cm³/mol. The van der Waals surface area contributed by atoms with Gasteiger partial charge in [-0.2, -0.15) is 0 Å². The summed E-state index contributed by atoms with van der Waals surface area (Å²) in [6, 6.07) is 20.3. The number of nitrogens with zero attached hydrogens (tertiary/aromatic N) is 1. The summed E-state index contributed by atoms with van der Waals surface area (Å²) in [5.74, 6) is -0.313. The van der Waals surface area contributed by atoms with Gasteiger partial charge in [0.2, 0.25) is 15.9 Å². The fourth-order valence-corrected chi connectivity index (χ4v) is 4.71. The zero-order valence-electron chi connectivity index (χ0n) is 16.9. The molecule has 0 saturated carbocycles. The summed E-state index contributed by atoms with van der Waals surface area (Å²) >= 11 is 0. The fourth-order valence-electron chi connectivity index (χ4n) is 3.50. The summed E-state index contributed by atoms with van der Waals surface area (Å²) in [5, 5.41) is 5.10. The molecule has 0 aliphatic rings. The molecule has 0 aliphatic heterocycles. The van der Waals surface area contributed by atoms with Gasteiger partial charge in [-0.1, -0.05) is 67.1 Å². The Bertz CT molecular complexity index is 1100. The summed E-state index contributed by atoms with van der Waals surface area (Å²) in [7, 11) is -3.63. The highest BCUT2D eigenvalue weighted by atomic mass is 32.2. The number of benzene rings is 3. The third-order valence-electron chi connectivity index (χ3n) is 4.95. The smallest absolute Gasteiger partial charge is 0.244 e. The first-order valence-corrected chi connectivity index (χ1v) is 11.5. The van der Waals surface area contributed by atoms with Crippen molar-refractivity contribution < 1.29 is 13.2 Å². The van der Waals surface area contributed by atoms with Gasteiger partial charge >= 0.3 is 0 Å². The molecular weight excluding hydrogens is 384 g/mol. The van der Waals surface area contributed by atoms with E-state index in [2.05, 4.69) is 5.32 Å². The first kappa shape index (κ1) is 20.9. The number of anilines is 1. The number of carbonyl (C=O) groups excluding carboxylic acids is 1. The van der Waals surface area contributed by atoms with E-state index in [0.29, 0.717) is 18.7 Å². The number of nitrogens with one attached hydrogen (secondary N) is 1. The Kier molecular flexibility index (Phi) is 6.23. The second kappa shape index (κ2) is 8.66. The van der Waals surface area contributed by atoms with Gasteiger partial charge in [0.05, 0.1) is 11.9 Å². The van der Waals surface area contributed by atoms with E-state index in [1.165, 1.54) is 4.31 Å². The van der Waals surface area contributed by atoms with E-state index in [4.69, 9.17) is 0 Å². The molecule has 0 spiro atoms. The van der Waals surface area contributed by atoms with E-state index in [0.717, 1.165) is 28.2 Å². The first-order chi connectivity index (χ1) is 13.8. The molecule has 0 saturated heterocycles. The Hall–Kier alpha value is -2.86. The maximum Gasteiger partial charge on any atom is 0.244 e. The average Bonchev–Trinajstić information content (AvgIpc) is 2.70. The van der Waals surface area contributed by atoms with E-state index < -0.39 is 16.1 Å². The molecule has 0 fully saturated rings. The standard InChI is InChI=1S/C23H26N2O3S/c1-4-22(25(29(3,27)28)20-14-12-17(2)13-15-20)23(26)24-16-19-10-7-9-18-8-5-6-11-21(18)19/h5-15,22H,4,16H2,1-3H3,(H,24,26). The van der Waals surface area contributed by atoms with Crippen molar-refractivity contribution in [3.63, 3.8) is 0 Å². The molecule has 0 heterocycles. The van der Waals surface area contributed by atoms with Crippen molar-refractivity contribution in [1.82, 2.24) is 5.32 Å². The Labute approximate surface area is 172 Å². The molecule has 29 heavy (non-hydrogen) atoms. The SMILES string of the molecule is CCC(C(=O)NCc1cccc2ccccc12)N(c1ccc(C)cc1)S(C)(=O)=O.